The lowest BCUT2D eigenvalue weighted by atomic mass is 10.1. The number of benzene rings is 2. The van der Waals surface area contributed by atoms with Crippen molar-refractivity contribution in [3.8, 4) is 5.75 Å². The second-order valence-corrected chi connectivity index (χ2v) is 5.96. The predicted molar refractivity (Wildman–Crippen MR) is 97.2 cm³/mol. The van der Waals surface area contributed by atoms with Crippen molar-refractivity contribution in [3.05, 3.63) is 58.8 Å². The van der Waals surface area contributed by atoms with Crippen LogP contribution in [-0.4, -0.2) is 23.9 Å². The molecule has 0 atom stereocenters. The van der Waals surface area contributed by atoms with Gasteiger partial charge >= 0.3 is 0 Å². The number of H-pyrrole nitrogens is 1. The second-order valence-electron chi connectivity index (χ2n) is 5.96. The van der Waals surface area contributed by atoms with Gasteiger partial charge in [0.1, 0.15) is 11.4 Å². The van der Waals surface area contributed by atoms with Crippen LogP contribution in [-0.2, 0) is 0 Å². The van der Waals surface area contributed by atoms with Crippen LogP contribution in [0.15, 0.2) is 36.4 Å². The summed E-state index contributed by atoms with van der Waals surface area (Å²) in [6.45, 7) is 4.01. The average Bonchev–Trinajstić information content (AvgIpc) is 2.99. The van der Waals surface area contributed by atoms with E-state index in [1.807, 2.05) is 26.0 Å². The number of fused-ring (bicyclic) bond motifs is 1. The van der Waals surface area contributed by atoms with E-state index in [1.165, 1.54) is 13.2 Å². The van der Waals surface area contributed by atoms with E-state index in [2.05, 4.69) is 16.4 Å². The van der Waals surface area contributed by atoms with Gasteiger partial charge in [-0.1, -0.05) is 6.07 Å². The third kappa shape index (κ3) is 3.19. The van der Waals surface area contributed by atoms with Gasteiger partial charge in [0.15, 0.2) is 0 Å². The standard InChI is InChI=1S/C19H19N3O3/c1-10-6-11(2)13-9-16(21-14(13)7-10)19(24)22-15-8-12(18(20)23)4-5-17(15)25-3/h4-9,21H,1-3H3,(H2,20,23)(H,22,24). The molecule has 0 saturated carbocycles. The molecule has 1 heterocycles. The molecule has 4 N–H and O–H groups in total. The Bertz CT molecular complexity index is 989. The molecule has 25 heavy (non-hydrogen) atoms. The van der Waals surface area contributed by atoms with E-state index < -0.39 is 5.91 Å². The molecule has 2 aromatic carbocycles. The van der Waals surface area contributed by atoms with Crippen LogP contribution in [0.5, 0.6) is 5.75 Å². The van der Waals surface area contributed by atoms with E-state index in [4.69, 9.17) is 10.5 Å². The van der Waals surface area contributed by atoms with Crippen molar-refractivity contribution >= 4 is 28.4 Å². The number of primary amides is 1. The number of aromatic nitrogens is 1. The van der Waals surface area contributed by atoms with Crippen molar-refractivity contribution in [2.24, 2.45) is 5.73 Å². The Labute approximate surface area is 145 Å². The minimum Gasteiger partial charge on any atom is -0.495 e. The van der Waals surface area contributed by atoms with Gasteiger partial charge in [0.05, 0.1) is 12.8 Å². The number of nitrogens with one attached hydrogen (secondary N) is 2. The van der Waals surface area contributed by atoms with Crippen LogP contribution in [0.4, 0.5) is 5.69 Å². The molecule has 3 rings (SSSR count). The van der Waals surface area contributed by atoms with Crippen molar-refractivity contribution in [2.75, 3.05) is 12.4 Å². The van der Waals surface area contributed by atoms with E-state index in [0.717, 1.165) is 22.0 Å². The molecule has 0 bridgehead atoms. The van der Waals surface area contributed by atoms with Crippen LogP contribution in [0.2, 0.25) is 0 Å². The van der Waals surface area contributed by atoms with Crippen molar-refractivity contribution in [2.45, 2.75) is 13.8 Å². The predicted octanol–water partition coefficient (Wildman–Crippen LogP) is 3.14. The Kier molecular flexibility index (Phi) is 4.19. The fourth-order valence-corrected chi connectivity index (χ4v) is 2.87. The zero-order valence-corrected chi connectivity index (χ0v) is 14.3. The van der Waals surface area contributed by atoms with Crippen molar-refractivity contribution in [1.29, 1.82) is 0 Å². The Balaban J connectivity index is 1.96. The normalized spacial score (nSPS) is 10.7. The summed E-state index contributed by atoms with van der Waals surface area (Å²) in [5.74, 6) is -0.454. The maximum Gasteiger partial charge on any atom is 0.272 e. The maximum atomic E-state index is 12.6. The minimum atomic E-state index is -0.574. The summed E-state index contributed by atoms with van der Waals surface area (Å²) in [5.41, 5.74) is 9.52. The fourth-order valence-electron chi connectivity index (χ4n) is 2.87. The number of hydrogen-bond donors (Lipinski definition) is 3. The van der Waals surface area contributed by atoms with Gasteiger partial charge in [0.25, 0.3) is 5.91 Å². The number of hydrogen-bond acceptors (Lipinski definition) is 3. The van der Waals surface area contributed by atoms with Gasteiger partial charge in [-0.15, -0.1) is 0 Å². The summed E-state index contributed by atoms with van der Waals surface area (Å²) in [6, 6.07) is 10.5. The summed E-state index contributed by atoms with van der Waals surface area (Å²) in [7, 11) is 1.49. The number of aromatic amines is 1. The Hall–Kier alpha value is -3.28. The summed E-state index contributed by atoms with van der Waals surface area (Å²) < 4.78 is 5.23. The SMILES string of the molecule is COc1ccc(C(N)=O)cc1NC(=O)c1cc2c(C)cc(C)cc2[nH]1. The number of carbonyl (C=O) groups excluding carboxylic acids is 2. The summed E-state index contributed by atoms with van der Waals surface area (Å²) >= 11 is 0. The van der Waals surface area contributed by atoms with Gasteiger partial charge in [-0.25, -0.2) is 0 Å². The smallest absolute Gasteiger partial charge is 0.272 e. The number of rotatable bonds is 4. The van der Waals surface area contributed by atoms with Gasteiger partial charge < -0.3 is 20.8 Å². The van der Waals surface area contributed by atoms with Gasteiger partial charge in [0.2, 0.25) is 5.91 Å². The first-order chi connectivity index (χ1) is 11.9. The molecule has 2 amide bonds. The first-order valence-electron chi connectivity index (χ1n) is 7.78. The number of carbonyl (C=O) groups is 2. The molecule has 3 aromatic rings. The quantitative estimate of drug-likeness (QED) is 0.682. The topological polar surface area (TPSA) is 97.2 Å². The van der Waals surface area contributed by atoms with Crippen LogP contribution >= 0.6 is 0 Å². The zero-order valence-electron chi connectivity index (χ0n) is 14.3. The lowest BCUT2D eigenvalue weighted by molar-refractivity contribution is 0.0995. The molecular weight excluding hydrogens is 318 g/mol. The Morgan fingerprint density at radius 2 is 1.88 bits per heavy atom. The molecule has 0 aliphatic carbocycles. The highest BCUT2D eigenvalue weighted by atomic mass is 16.5. The first-order valence-corrected chi connectivity index (χ1v) is 7.78. The van der Waals surface area contributed by atoms with Gasteiger partial charge in [0, 0.05) is 16.5 Å². The summed E-state index contributed by atoms with van der Waals surface area (Å²) in [4.78, 5) is 27.1. The van der Waals surface area contributed by atoms with Crippen molar-refractivity contribution in [1.82, 2.24) is 4.98 Å². The molecule has 0 aliphatic rings. The summed E-state index contributed by atoms with van der Waals surface area (Å²) in [6.07, 6.45) is 0. The molecule has 6 nitrogen and oxygen atoms in total. The number of ether oxygens (including phenoxy) is 1. The molecule has 0 radical (unpaired) electrons. The third-order valence-corrected chi connectivity index (χ3v) is 4.07. The monoisotopic (exact) mass is 337 g/mol. The largest absolute Gasteiger partial charge is 0.495 e. The van der Waals surface area contributed by atoms with E-state index in [9.17, 15) is 9.59 Å². The molecular formula is C19H19N3O3. The van der Waals surface area contributed by atoms with Gasteiger partial charge in [-0.3, -0.25) is 9.59 Å². The average molecular weight is 337 g/mol. The van der Waals surface area contributed by atoms with Crippen molar-refractivity contribution in [3.63, 3.8) is 0 Å². The molecule has 0 unspecified atom stereocenters. The molecule has 0 spiro atoms. The highest BCUT2D eigenvalue weighted by Crippen LogP contribution is 2.27. The van der Waals surface area contributed by atoms with E-state index in [0.29, 0.717) is 22.7 Å². The lowest BCUT2D eigenvalue weighted by Crippen LogP contribution is -2.15. The second kappa shape index (κ2) is 6.32. The van der Waals surface area contributed by atoms with Crippen LogP contribution < -0.4 is 15.8 Å². The number of nitrogens with two attached hydrogens (primary N) is 1. The number of aryl methyl sites for hydroxylation is 2. The molecule has 128 valence electrons. The Morgan fingerprint density at radius 3 is 2.56 bits per heavy atom. The molecule has 0 aliphatic heterocycles. The molecule has 0 saturated heterocycles. The maximum absolute atomic E-state index is 12.6. The lowest BCUT2D eigenvalue weighted by Gasteiger charge is -2.10. The van der Waals surface area contributed by atoms with Crippen LogP contribution in [0.1, 0.15) is 32.0 Å². The minimum absolute atomic E-state index is 0.291. The molecule has 0 fully saturated rings. The zero-order chi connectivity index (χ0) is 18.1. The third-order valence-electron chi connectivity index (χ3n) is 4.07. The van der Waals surface area contributed by atoms with Crippen LogP contribution in [0.25, 0.3) is 10.9 Å². The van der Waals surface area contributed by atoms with Crippen molar-refractivity contribution < 1.29 is 14.3 Å². The van der Waals surface area contributed by atoms with Crippen LogP contribution in [0.3, 0.4) is 0 Å². The highest BCUT2D eigenvalue weighted by Gasteiger charge is 2.15. The van der Waals surface area contributed by atoms with E-state index >= 15 is 0 Å². The van der Waals surface area contributed by atoms with Crippen LogP contribution in [0, 0.1) is 13.8 Å². The number of anilines is 1. The Morgan fingerprint density at radius 1 is 1.12 bits per heavy atom. The number of methoxy groups -OCH3 is 1. The van der Waals surface area contributed by atoms with Gasteiger partial charge in [-0.2, -0.15) is 0 Å². The molecule has 1 aromatic heterocycles. The first kappa shape index (κ1) is 16.6. The van der Waals surface area contributed by atoms with E-state index in [1.54, 1.807) is 12.1 Å². The van der Waals surface area contributed by atoms with E-state index in [-0.39, 0.29) is 5.91 Å². The fraction of sp³-hybridized carbons (Fsp3) is 0.158. The van der Waals surface area contributed by atoms with Gasteiger partial charge in [-0.05, 0) is 55.3 Å². The molecule has 6 heteroatoms. The summed E-state index contributed by atoms with van der Waals surface area (Å²) in [5, 5.41) is 3.76. The highest BCUT2D eigenvalue weighted by molar-refractivity contribution is 6.07. The number of amides is 2.